The highest BCUT2D eigenvalue weighted by Gasteiger charge is 2.19. The Bertz CT molecular complexity index is 629. The van der Waals surface area contributed by atoms with Crippen LogP contribution < -0.4 is 0 Å². The van der Waals surface area contributed by atoms with Crippen LogP contribution in [0.2, 0.25) is 10.0 Å². The highest BCUT2D eigenvalue weighted by atomic mass is 79.9. The van der Waals surface area contributed by atoms with Crippen LogP contribution >= 0.6 is 39.1 Å². The normalized spacial score (nSPS) is 12.5. The SMILES string of the molecule is Cc1cc(F)c(C(Br)c2cc(Cl)ccc2Cl)cc1F. The molecule has 0 N–H and O–H groups in total. The van der Waals surface area contributed by atoms with Crippen molar-refractivity contribution in [3.63, 3.8) is 0 Å². The first-order valence-corrected chi connectivity index (χ1v) is 7.12. The standard InChI is InChI=1S/C14H9BrCl2F2/c1-7-4-13(19)10(6-12(7)18)14(15)9-5-8(16)2-3-11(9)17/h2-6,14H,1H3. The molecule has 1 atom stereocenters. The number of benzene rings is 2. The molecule has 0 heterocycles. The number of hydrogen-bond donors (Lipinski definition) is 0. The lowest BCUT2D eigenvalue weighted by Crippen LogP contribution is -2.00. The molecule has 2 rings (SSSR count). The second-order valence-corrected chi connectivity index (χ2v) is 5.91. The van der Waals surface area contributed by atoms with Gasteiger partial charge in [0.1, 0.15) is 11.6 Å². The Balaban J connectivity index is 2.52. The first kappa shape index (κ1) is 14.8. The van der Waals surface area contributed by atoms with Gasteiger partial charge in [-0.1, -0.05) is 39.1 Å². The van der Waals surface area contributed by atoms with E-state index in [1.54, 1.807) is 18.2 Å². The fourth-order valence-corrected chi connectivity index (χ4v) is 3.00. The lowest BCUT2D eigenvalue weighted by atomic mass is 10.0. The molecule has 0 saturated carbocycles. The Hall–Kier alpha value is -0.640. The molecule has 0 fully saturated rings. The molecular weight excluding hydrogens is 357 g/mol. The van der Waals surface area contributed by atoms with Gasteiger partial charge in [-0.15, -0.1) is 0 Å². The second-order valence-electron chi connectivity index (χ2n) is 4.15. The van der Waals surface area contributed by atoms with Gasteiger partial charge >= 0.3 is 0 Å². The molecule has 0 radical (unpaired) electrons. The summed E-state index contributed by atoms with van der Waals surface area (Å²) in [6, 6.07) is 7.22. The number of alkyl halides is 1. The van der Waals surface area contributed by atoms with E-state index in [1.165, 1.54) is 13.0 Å². The lowest BCUT2D eigenvalue weighted by molar-refractivity contribution is 0.581. The fourth-order valence-electron chi connectivity index (χ4n) is 1.73. The summed E-state index contributed by atoms with van der Waals surface area (Å²) in [5.41, 5.74) is 1.04. The van der Waals surface area contributed by atoms with E-state index in [9.17, 15) is 8.78 Å². The predicted octanol–water partition coefficient (Wildman–Crippen LogP) is 6.06. The van der Waals surface area contributed by atoms with Crippen LogP contribution in [0, 0.1) is 18.6 Å². The molecule has 0 aliphatic rings. The van der Waals surface area contributed by atoms with E-state index >= 15 is 0 Å². The van der Waals surface area contributed by atoms with E-state index in [4.69, 9.17) is 23.2 Å². The maximum absolute atomic E-state index is 13.9. The third-order valence-electron chi connectivity index (χ3n) is 2.78. The van der Waals surface area contributed by atoms with E-state index in [1.807, 2.05) is 0 Å². The molecular formula is C14H9BrCl2F2. The average Bonchev–Trinajstić information content (AvgIpc) is 2.36. The molecule has 2 aromatic carbocycles. The highest BCUT2D eigenvalue weighted by molar-refractivity contribution is 9.09. The minimum Gasteiger partial charge on any atom is -0.207 e. The Kier molecular flexibility index (Phi) is 4.49. The molecule has 5 heteroatoms. The van der Waals surface area contributed by atoms with Gasteiger partial charge < -0.3 is 0 Å². The van der Waals surface area contributed by atoms with Crippen molar-refractivity contribution in [2.45, 2.75) is 11.8 Å². The van der Waals surface area contributed by atoms with Gasteiger partial charge in [0.05, 0.1) is 4.83 Å². The van der Waals surface area contributed by atoms with Crippen molar-refractivity contribution < 1.29 is 8.78 Å². The van der Waals surface area contributed by atoms with Crippen molar-refractivity contribution in [1.29, 1.82) is 0 Å². The lowest BCUT2D eigenvalue weighted by Gasteiger charge is -2.14. The summed E-state index contributed by atoms with van der Waals surface area (Å²) in [5, 5.41) is 0.920. The zero-order valence-electron chi connectivity index (χ0n) is 9.85. The van der Waals surface area contributed by atoms with Gasteiger partial charge in [0.25, 0.3) is 0 Å². The molecule has 0 aliphatic carbocycles. The van der Waals surface area contributed by atoms with Crippen molar-refractivity contribution in [2.75, 3.05) is 0 Å². The topological polar surface area (TPSA) is 0 Å². The van der Waals surface area contributed by atoms with Gasteiger partial charge in [-0.2, -0.15) is 0 Å². The molecule has 19 heavy (non-hydrogen) atoms. The Labute approximate surface area is 128 Å². The van der Waals surface area contributed by atoms with Crippen LogP contribution in [0.1, 0.15) is 21.5 Å². The summed E-state index contributed by atoms with van der Waals surface area (Å²) in [6.45, 7) is 1.51. The van der Waals surface area contributed by atoms with Crippen LogP contribution in [-0.4, -0.2) is 0 Å². The van der Waals surface area contributed by atoms with Gasteiger partial charge in [-0.05, 0) is 48.4 Å². The molecule has 0 amide bonds. The molecule has 0 saturated heterocycles. The molecule has 0 aliphatic heterocycles. The van der Waals surface area contributed by atoms with Gasteiger partial charge in [-0.25, -0.2) is 8.78 Å². The Morgan fingerprint density at radius 3 is 2.37 bits per heavy atom. The molecule has 0 bridgehead atoms. The van der Waals surface area contributed by atoms with Crippen molar-refractivity contribution >= 4 is 39.1 Å². The van der Waals surface area contributed by atoms with Crippen LogP contribution in [0.15, 0.2) is 30.3 Å². The number of rotatable bonds is 2. The molecule has 1 unspecified atom stereocenters. The third-order valence-corrected chi connectivity index (χ3v) is 4.35. The van der Waals surface area contributed by atoms with Crippen molar-refractivity contribution in [3.05, 3.63) is 68.7 Å². The van der Waals surface area contributed by atoms with Gasteiger partial charge in [0.15, 0.2) is 0 Å². The molecule has 2 aromatic rings. The number of hydrogen-bond acceptors (Lipinski definition) is 0. The molecule has 0 nitrogen and oxygen atoms in total. The molecule has 0 aromatic heterocycles. The van der Waals surface area contributed by atoms with Gasteiger partial charge in [0.2, 0.25) is 0 Å². The number of aryl methyl sites for hydroxylation is 1. The summed E-state index contributed by atoms with van der Waals surface area (Å²) in [6.07, 6.45) is 0. The molecule has 100 valence electrons. The first-order chi connectivity index (χ1) is 8.90. The minimum absolute atomic E-state index is 0.187. The summed E-state index contributed by atoms with van der Waals surface area (Å²) in [4.78, 5) is -0.561. The van der Waals surface area contributed by atoms with Crippen LogP contribution in [0.4, 0.5) is 8.78 Å². The zero-order valence-corrected chi connectivity index (χ0v) is 13.0. The monoisotopic (exact) mass is 364 g/mol. The maximum Gasteiger partial charge on any atom is 0.128 e. The first-order valence-electron chi connectivity index (χ1n) is 5.44. The summed E-state index contributed by atoms with van der Waals surface area (Å²) in [5.74, 6) is -0.948. The second kappa shape index (κ2) is 5.78. The third kappa shape index (κ3) is 3.10. The number of halogens is 5. The van der Waals surface area contributed by atoms with Crippen molar-refractivity contribution in [1.82, 2.24) is 0 Å². The average molecular weight is 366 g/mol. The van der Waals surface area contributed by atoms with Crippen LogP contribution in [0.25, 0.3) is 0 Å². The Morgan fingerprint density at radius 1 is 1.00 bits per heavy atom. The maximum atomic E-state index is 13.9. The summed E-state index contributed by atoms with van der Waals surface area (Å²) < 4.78 is 27.5. The largest absolute Gasteiger partial charge is 0.207 e. The fraction of sp³-hybridized carbons (Fsp3) is 0.143. The molecule has 0 spiro atoms. The Morgan fingerprint density at radius 2 is 1.68 bits per heavy atom. The van der Waals surface area contributed by atoms with Crippen molar-refractivity contribution in [3.8, 4) is 0 Å². The summed E-state index contributed by atoms with van der Waals surface area (Å²) in [7, 11) is 0. The van der Waals surface area contributed by atoms with E-state index < -0.39 is 16.5 Å². The van der Waals surface area contributed by atoms with E-state index in [2.05, 4.69) is 15.9 Å². The smallest absolute Gasteiger partial charge is 0.128 e. The van der Waals surface area contributed by atoms with Gasteiger partial charge in [0, 0.05) is 15.6 Å². The van der Waals surface area contributed by atoms with E-state index in [0.717, 1.165) is 6.07 Å². The quantitative estimate of drug-likeness (QED) is 0.567. The highest BCUT2D eigenvalue weighted by Crippen LogP contribution is 2.38. The van der Waals surface area contributed by atoms with Crippen molar-refractivity contribution in [2.24, 2.45) is 0 Å². The predicted molar refractivity (Wildman–Crippen MR) is 78.3 cm³/mol. The zero-order chi connectivity index (χ0) is 14.2. The van der Waals surface area contributed by atoms with Crippen LogP contribution in [-0.2, 0) is 0 Å². The van der Waals surface area contributed by atoms with E-state index in [-0.39, 0.29) is 11.1 Å². The van der Waals surface area contributed by atoms with Crippen LogP contribution in [0.5, 0.6) is 0 Å². The summed E-state index contributed by atoms with van der Waals surface area (Å²) >= 11 is 15.3. The minimum atomic E-state index is -0.561. The van der Waals surface area contributed by atoms with Gasteiger partial charge in [-0.3, -0.25) is 0 Å². The van der Waals surface area contributed by atoms with E-state index in [0.29, 0.717) is 15.6 Å². The van der Waals surface area contributed by atoms with Crippen LogP contribution in [0.3, 0.4) is 0 Å².